The normalized spacial score (nSPS) is 21.0. The van der Waals surface area contributed by atoms with Crippen LogP contribution >= 0.6 is 15.9 Å². The fraction of sp³-hybridized carbons (Fsp3) is 0.786. The number of alkyl halides is 3. The summed E-state index contributed by atoms with van der Waals surface area (Å²) in [6.07, 6.45) is -2.43. The summed E-state index contributed by atoms with van der Waals surface area (Å²) in [5, 5.41) is 4.50. The summed E-state index contributed by atoms with van der Waals surface area (Å²) < 4.78 is 41.5. The number of rotatable bonds is 4. The molecule has 0 N–H and O–H groups in total. The first-order valence-electron chi connectivity index (χ1n) is 7.39. The van der Waals surface area contributed by atoms with Crippen LogP contribution in [0, 0.1) is 5.92 Å². The Bertz CT molecular complexity index is 485. The minimum Gasteiger partial charge on any atom is -0.297 e. The van der Waals surface area contributed by atoms with E-state index in [0.717, 1.165) is 35.4 Å². The highest BCUT2D eigenvalue weighted by atomic mass is 79.9. The minimum absolute atomic E-state index is 0.0896. The number of hydrogen-bond donors (Lipinski definition) is 0. The summed E-state index contributed by atoms with van der Waals surface area (Å²) in [6, 6.07) is 0. The van der Waals surface area contributed by atoms with Crippen molar-refractivity contribution in [3.63, 3.8) is 0 Å². The molecule has 2 heterocycles. The highest BCUT2D eigenvalue weighted by Gasteiger charge is 2.41. The van der Waals surface area contributed by atoms with Crippen molar-refractivity contribution in [1.82, 2.24) is 14.7 Å². The van der Waals surface area contributed by atoms with Crippen LogP contribution in [0.2, 0.25) is 0 Å². The predicted molar refractivity (Wildman–Crippen MR) is 79.0 cm³/mol. The van der Waals surface area contributed by atoms with Gasteiger partial charge < -0.3 is 0 Å². The third-order valence-electron chi connectivity index (χ3n) is 4.04. The van der Waals surface area contributed by atoms with Crippen molar-refractivity contribution in [2.75, 3.05) is 13.1 Å². The van der Waals surface area contributed by atoms with E-state index in [0.29, 0.717) is 13.0 Å². The molecule has 7 heteroatoms. The molecular weight excluding hydrogens is 347 g/mol. The largest absolute Gasteiger partial charge is 0.393 e. The Morgan fingerprint density at radius 3 is 2.62 bits per heavy atom. The first-order valence-corrected chi connectivity index (χ1v) is 8.19. The average Bonchev–Trinajstić information content (AvgIpc) is 2.75. The summed E-state index contributed by atoms with van der Waals surface area (Å²) in [6.45, 7) is 6.08. The lowest BCUT2D eigenvalue weighted by molar-refractivity contribution is -0.187. The standard InChI is InChI=1S/C14H21BrF3N3/c1-3-11-13(15)12(21(4-2)19-11)9-20-7-5-6-10(8-20)14(16,17)18/h10H,3-9H2,1-2H3. The van der Waals surface area contributed by atoms with Crippen LogP contribution < -0.4 is 0 Å². The molecule has 1 fully saturated rings. The second-order valence-corrected chi connectivity index (χ2v) is 6.29. The van der Waals surface area contributed by atoms with E-state index in [1.165, 1.54) is 0 Å². The van der Waals surface area contributed by atoms with Crippen molar-refractivity contribution in [3.8, 4) is 0 Å². The first kappa shape index (κ1) is 16.8. The number of likely N-dealkylation sites (tertiary alicyclic amines) is 1. The maximum atomic E-state index is 12.9. The van der Waals surface area contributed by atoms with Gasteiger partial charge in [0.1, 0.15) is 0 Å². The van der Waals surface area contributed by atoms with Crippen LogP contribution in [0.4, 0.5) is 13.2 Å². The molecule has 0 aliphatic carbocycles. The lowest BCUT2D eigenvalue weighted by Crippen LogP contribution is -2.41. The molecule has 0 radical (unpaired) electrons. The van der Waals surface area contributed by atoms with Gasteiger partial charge in [-0.15, -0.1) is 0 Å². The maximum absolute atomic E-state index is 12.9. The van der Waals surface area contributed by atoms with Crippen molar-refractivity contribution in [1.29, 1.82) is 0 Å². The fourth-order valence-corrected chi connectivity index (χ4v) is 3.54. The van der Waals surface area contributed by atoms with E-state index >= 15 is 0 Å². The van der Waals surface area contributed by atoms with Crippen LogP contribution in [0.1, 0.15) is 38.1 Å². The average molecular weight is 368 g/mol. The summed E-state index contributed by atoms with van der Waals surface area (Å²) in [7, 11) is 0. The van der Waals surface area contributed by atoms with Gasteiger partial charge in [0.05, 0.1) is 21.8 Å². The molecule has 3 nitrogen and oxygen atoms in total. The van der Waals surface area contributed by atoms with Gasteiger partial charge in [-0.2, -0.15) is 18.3 Å². The molecule has 1 aromatic rings. The van der Waals surface area contributed by atoms with Crippen LogP contribution in [-0.4, -0.2) is 33.9 Å². The molecule has 0 bridgehead atoms. The van der Waals surface area contributed by atoms with Crippen molar-refractivity contribution >= 4 is 15.9 Å². The summed E-state index contributed by atoms with van der Waals surface area (Å²) in [5.41, 5.74) is 1.95. The quantitative estimate of drug-likeness (QED) is 0.801. The Morgan fingerprint density at radius 1 is 1.33 bits per heavy atom. The summed E-state index contributed by atoms with van der Waals surface area (Å²) >= 11 is 3.55. The van der Waals surface area contributed by atoms with E-state index in [9.17, 15) is 13.2 Å². The molecule has 2 rings (SSSR count). The Hall–Kier alpha value is -0.560. The van der Waals surface area contributed by atoms with Crippen molar-refractivity contribution < 1.29 is 13.2 Å². The number of nitrogens with zero attached hydrogens (tertiary/aromatic N) is 3. The summed E-state index contributed by atoms with van der Waals surface area (Å²) in [4.78, 5) is 1.90. The molecule has 1 saturated heterocycles. The molecule has 1 aliphatic heterocycles. The zero-order chi connectivity index (χ0) is 15.6. The highest BCUT2D eigenvalue weighted by molar-refractivity contribution is 9.10. The molecular formula is C14H21BrF3N3. The van der Waals surface area contributed by atoms with Gasteiger partial charge in [0.2, 0.25) is 0 Å². The second kappa shape index (κ2) is 6.69. The highest BCUT2D eigenvalue weighted by Crippen LogP contribution is 2.34. The van der Waals surface area contributed by atoms with Crippen molar-refractivity contribution in [2.24, 2.45) is 5.92 Å². The molecule has 1 atom stereocenters. The molecule has 0 amide bonds. The number of piperidine rings is 1. The van der Waals surface area contributed by atoms with Gasteiger partial charge in [-0.25, -0.2) is 0 Å². The van der Waals surface area contributed by atoms with Crippen molar-refractivity contribution in [3.05, 3.63) is 15.9 Å². The lowest BCUT2D eigenvalue weighted by Gasteiger charge is -2.33. The SMILES string of the molecule is CCc1nn(CC)c(CN2CCCC(C(F)(F)F)C2)c1Br. The monoisotopic (exact) mass is 367 g/mol. The smallest absolute Gasteiger partial charge is 0.297 e. The maximum Gasteiger partial charge on any atom is 0.393 e. The van der Waals surface area contributed by atoms with E-state index < -0.39 is 12.1 Å². The van der Waals surface area contributed by atoms with E-state index in [-0.39, 0.29) is 13.0 Å². The van der Waals surface area contributed by atoms with Gasteiger partial charge in [0.15, 0.2) is 0 Å². The van der Waals surface area contributed by atoms with E-state index in [2.05, 4.69) is 21.0 Å². The molecule has 0 aromatic carbocycles. The second-order valence-electron chi connectivity index (χ2n) is 5.49. The number of aryl methyl sites for hydroxylation is 2. The zero-order valence-electron chi connectivity index (χ0n) is 12.4. The third kappa shape index (κ3) is 3.80. The Kier molecular flexibility index (Phi) is 5.35. The van der Waals surface area contributed by atoms with Gasteiger partial charge in [0, 0.05) is 19.6 Å². The Morgan fingerprint density at radius 2 is 2.05 bits per heavy atom. The van der Waals surface area contributed by atoms with E-state index in [1.807, 2.05) is 23.4 Å². The van der Waals surface area contributed by atoms with Crippen LogP contribution in [-0.2, 0) is 19.5 Å². The van der Waals surface area contributed by atoms with Crippen LogP contribution in [0.3, 0.4) is 0 Å². The van der Waals surface area contributed by atoms with Gasteiger partial charge in [-0.3, -0.25) is 9.58 Å². The summed E-state index contributed by atoms with van der Waals surface area (Å²) in [5.74, 6) is -1.20. The van der Waals surface area contributed by atoms with Crippen LogP contribution in [0.25, 0.3) is 0 Å². The number of aromatic nitrogens is 2. The first-order chi connectivity index (χ1) is 9.86. The molecule has 0 saturated carbocycles. The van der Waals surface area contributed by atoms with Gasteiger partial charge in [-0.05, 0) is 48.7 Å². The fourth-order valence-electron chi connectivity index (χ4n) is 2.85. The molecule has 1 aromatic heterocycles. The minimum atomic E-state index is -4.09. The number of halogens is 4. The molecule has 1 aliphatic rings. The van der Waals surface area contributed by atoms with E-state index in [4.69, 9.17) is 0 Å². The molecule has 1 unspecified atom stereocenters. The Balaban J connectivity index is 2.13. The van der Waals surface area contributed by atoms with E-state index in [1.54, 1.807) is 0 Å². The van der Waals surface area contributed by atoms with Crippen molar-refractivity contribution in [2.45, 2.75) is 52.4 Å². The number of hydrogen-bond acceptors (Lipinski definition) is 2. The van der Waals surface area contributed by atoms with Crippen LogP contribution in [0.15, 0.2) is 4.47 Å². The third-order valence-corrected chi connectivity index (χ3v) is 4.95. The topological polar surface area (TPSA) is 21.1 Å². The van der Waals surface area contributed by atoms with Gasteiger partial charge >= 0.3 is 6.18 Å². The Labute approximate surface area is 131 Å². The predicted octanol–water partition coefficient (Wildman–Crippen LogP) is 4.00. The van der Waals surface area contributed by atoms with Gasteiger partial charge in [-0.1, -0.05) is 6.92 Å². The lowest BCUT2D eigenvalue weighted by atomic mass is 9.97. The zero-order valence-corrected chi connectivity index (χ0v) is 14.0. The van der Waals surface area contributed by atoms with Crippen LogP contribution in [0.5, 0.6) is 0 Å². The molecule has 0 spiro atoms. The molecule has 21 heavy (non-hydrogen) atoms. The molecule has 120 valence electrons. The van der Waals surface area contributed by atoms with Gasteiger partial charge in [0.25, 0.3) is 0 Å².